The number of ether oxygens (including phenoxy) is 1. The molecule has 3 rings (SSSR count). The van der Waals surface area contributed by atoms with Crippen LogP contribution in [0.15, 0.2) is 0 Å². The highest BCUT2D eigenvalue weighted by Crippen LogP contribution is 2.48. The van der Waals surface area contributed by atoms with Crippen LogP contribution in [0, 0.1) is 0 Å². The van der Waals surface area contributed by atoms with Gasteiger partial charge in [0, 0.05) is 30.0 Å². The maximum absolute atomic E-state index is 6.20. The fourth-order valence-corrected chi connectivity index (χ4v) is 4.60. The van der Waals surface area contributed by atoms with E-state index in [1.54, 1.807) is 0 Å². The van der Waals surface area contributed by atoms with Crippen molar-refractivity contribution in [2.24, 2.45) is 0 Å². The third kappa shape index (κ3) is 3.33. The van der Waals surface area contributed by atoms with Gasteiger partial charge in [-0.1, -0.05) is 26.7 Å². The zero-order valence-corrected chi connectivity index (χ0v) is 14.4. The first kappa shape index (κ1) is 15.4. The van der Waals surface area contributed by atoms with E-state index in [-0.39, 0.29) is 5.60 Å². The fraction of sp³-hybridized carbons (Fsp3) is 0.824. The lowest BCUT2D eigenvalue weighted by atomic mass is 10.0. The van der Waals surface area contributed by atoms with Gasteiger partial charge in [0.15, 0.2) is 0 Å². The van der Waals surface area contributed by atoms with Gasteiger partial charge in [-0.25, -0.2) is 4.98 Å². The van der Waals surface area contributed by atoms with E-state index in [1.165, 1.54) is 41.3 Å². The molecule has 0 unspecified atom stereocenters. The molecule has 1 aromatic rings. The first-order valence-corrected chi connectivity index (χ1v) is 9.33. The lowest BCUT2D eigenvalue weighted by Gasteiger charge is -2.26. The molecule has 0 saturated heterocycles. The molecule has 0 spiro atoms. The van der Waals surface area contributed by atoms with Gasteiger partial charge in [-0.3, -0.25) is 0 Å². The fourth-order valence-electron chi connectivity index (χ4n) is 3.30. The molecule has 2 aliphatic rings. The van der Waals surface area contributed by atoms with Crippen LogP contribution in [0.3, 0.4) is 0 Å². The van der Waals surface area contributed by atoms with Crippen LogP contribution in [0.5, 0.6) is 0 Å². The second-order valence-electron chi connectivity index (χ2n) is 6.77. The highest BCUT2D eigenvalue weighted by atomic mass is 32.1. The van der Waals surface area contributed by atoms with Gasteiger partial charge in [-0.2, -0.15) is 0 Å². The lowest BCUT2D eigenvalue weighted by molar-refractivity contribution is -0.0392. The number of hydrogen-bond acceptors (Lipinski definition) is 4. The highest BCUT2D eigenvalue weighted by molar-refractivity contribution is 7.11. The lowest BCUT2D eigenvalue weighted by Crippen LogP contribution is -2.26. The maximum Gasteiger partial charge on any atom is 0.125 e. The molecule has 21 heavy (non-hydrogen) atoms. The van der Waals surface area contributed by atoms with Gasteiger partial charge in [0.1, 0.15) is 10.6 Å². The van der Waals surface area contributed by atoms with Crippen molar-refractivity contribution in [1.82, 2.24) is 10.3 Å². The average Bonchev–Trinajstić information content (AvgIpc) is 3.02. The Labute approximate surface area is 132 Å². The largest absolute Gasteiger partial charge is 0.368 e. The summed E-state index contributed by atoms with van der Waals surface area (Å²) in [6, 6.07) is 0.523. The minimum atomic E-state index is -0.0703. The third-order valence-corrected chi connectivity index (χ3v) is 5.84. The summed E-state index contributed by atoms with van der Waals surface area (Å²) >= 11 is 1.91. The van der Waals surface area contributed by atoms with Crippen molar-refractivity contribution in [3.63, 3.8) is 0 Å². The van der Waals surface area contributed by atoms with E-state index < -0.39 is 0 Å². The standard InChI is InChI=1S/C17H28N2OS/c1-4-20-17(9-5-6-10-17)16-19-15(13-7-8-13)14(21-16)11-18-12(2)3/h12-13,18H,4-11H2,1-3H3. The molecule has 0 aromatic carbocycles. The van der Waals surface area contributed by atoms with E-state index in [0.29, 0.717) is 6.04 Å². The van der Waals surface area contributed by atoms with Crippen molar-refractivity contribution in [1.29, 1.82) is 0 Å². The predicted molar refractivity (Wildman–Crippen MR) is 87.8 cm³/mol. The van der Waals surface area contributed by atoms with Crippen LogP contribution in [-0.2, 0) is 16.9 Å². The normalized spacial score (nSPS) is 21.3. The minimum absolute atomic E-state index is 0.0703. The zero-order chi connectivity index (χ0) is 14.9. The van der Waals surface area contributed by atoms with Gasteiger partial charge < -0.3 is 10.1 Å². The molecule has 4 heteroatoms. The Balaban J connectivity index is 1.86. The van der Waals surface area contributed by atoms with Gasteiger partial charge in [0.25, 0.3) is 0 Å². The molecule has 0 atom stereocenters. The van der Waals surface area contributed by atoms with Crippen molar-refractivity contribution < 1.29 is 4.74 Å². The molecule has 2 saturated carbocycles. The van der Waals surface area contributed by atoms with Crippen molar-refractivity contribution >= 4 is 11.3 Å². The monoisotopic (exact) mass is 308 g/mol. The molecule has 1 heterocycles. The van der Waals surface area contributed by atoms with Gasteiger partial charge in [-0.05, 0) is 32.6 Å². The molecule has 2 aliphatic carbocycles. The first-order chi connectivity index (χ1) is 10.1. The van der Waals surface area contributed by atoms with Crippen molar-refractivity contribution in [2.45, 2.75) is 83.4 Å². The molecule has 2 fully saturated rings. The molecule has 1 N–H and O–H groups in total. The highest BCUT2D eigenvalue weighted by Gasteiger charge is 2.41. The Morgan fingerprint density at radius 3 is 2.62 bits per heavy atom. The van der Waals surface area contributed by atoms with Crippen LogP contribution < -0.4 is 5.32 Å². The van der Waals surface area contributed by atoms with Gasteiger partial charge in [0.05, 0.1) is 5.69 Å². The SMILES string of the molecule is CCOC1(c2nc(C3CC3)c(CNC(C)C)s2)CCCC1. The van der Waals surface area contributed by atoms with Crippen molar-refractivity contribution in [3.8, 4) is 0 Å². The Kier molecular flexibility index (Phi) is 4.67. The Morgan fingerprint density at radius 2 is 2.05 bits per heavy atom. The second kappa shape index (κ2) is 6.35. The number of nitrogens with zero attached hydrogens (tertiary/aromatic N) is 1. The Morgan fingerprint density at radius 1 is 1.33 bits per heavy atom. The van der Waals surface area contributed by atoms with Crippen LogP contribution in [-0.4, -0.2) is 17.6 Å². The molecule has 0 radical (unpaired) electrons. The molecular weight excluding hydrogens is 280 g/mol. The number of nitrogens with one attached hydrogen (secondary N) is 1. The number of rotatable bonds is 7. The zero-order valence-electron chi connectivity index (χ0n) is 13.6. The quantitative estimate of drug-likeness (QED) is 0.814. The molecule has 1 aromatic heterocycles. The van der Waals surface area contributed by atoms with Crippen LogP contribution in [0.25, 0.3) is 0 Å². The Bertz CT molecular complexity index is 473. The van der Waals surface area contributed by atoms with Crippen molar-refractivity contribution in [2.75, 3.05) is 6.61 Å². The van der Waals surface area contributed by atoms with E-state index in [1.807, 2.05) is 11.3 Å². The predicted octanol–water partition coefficient (Wildman–Crippen LogP) is 4.32. The van der Waals surface area contributed by atoms with E-state index in [9.17, 15) is 0 Å². The van der Waals surface area contributed by atoms with E-state index in [0.717, 1.165) is 31.9 Å². The summed E-state index contributed by atoms with van der Waals surface area (Å²) in [6.45, 7) is 8.27. The number of hydrogen-bond donors (Lipinski definition) is 1. The second-order valence-corrected chi connectivity index (χ2v) is 7.86. The number of aromatic nitrogens is 1. The van der Waals surface area contributed by atoms with E-state index >= 15 is 0 Å². The topological polar surface area (TPSA) is 34.1 Å². The van der Waals surface area contributed by atoms with E-state index in [4.69, 9.17) is 9.72 Å². The van der Waals surface area contributed by atoms with E-state index in [2.05, 4.69) is 26.1 Å². The van der Waals surface area contributed by atoms with Gasteiger partial charge in [-0.15, -0.1) is 11.3 Å². The molecule has 0 aliphatic heterocycles. The third-order valence-electron chi connectivity index (χ3n) is 4.58. The van der Waals surface area contributed by atoms with Gasteiger partial charge in [0.2, 0.25) is 0 Å². The molecule has 0 bridgehead atoms. The first-order valence-electron chi connectivity index (χ1n) is 8.52. The summed E-state index contributed by atoms with van der Waals surface area (Å²) in [7, 11) is 0. The van der Waals surface area contributed by atoms with Crippen LogP contribution >= 0.6 is 11.3 Å². The number of thiazole rings is 1. The molecule has 3 nitrogen and oxygen atoms in total. The summed E-state index contributed by atoms with van der Waals surface area (Å²) in [5, 5.41) is 4.82. The summed E-state index contributed by atoms with van der Waals surface area (Å²) in [6.07, 6.45) is 7.49. The summed E-state index contributed by atoms with van der Waals surface area (Å²) in [5.74, 6) is 0.721. The summed E-state index contributed by atoms with van der Waals surface area (Å²) < 4.78 is 6.20. The maximum atomic E-state index is 6.20. The average molecular weight is 308 g/mol. The summed E-state index contributed by atoms with van der Waals surface area (Å²) in [4.78, 5) is 6.53. The van der Waals surface area contributed by atoms with Crippen LogP contribution in [0.1, 0.15) is 80.8 Å². The van der Waals surface area contributed by atoms with Crippen molar-refractivity contribution in [3.05, 3.63) is 15.6 Å². The van der Waals surface area contributed by atoms with Crippen LogP contribution in [0.4, 0.5) is 0 Å². The summed E-state index contributed by atoms with van der Waals surface area (Å²) in [5.41, 5.74) is 1.30. The Hall–Kier alpha value is -0.450. The van der Waals surface area contributed by atoms with Crippen LogP contribution in [0.2, 0.25) is 0 Å². The van der Waals surface area contributed by atoms with Gasteiger partial charge >= 0.3 is 0 Å². The smallest absolute Gasteiger partial charge is 0.125 e. The minimum Gasteiger partial charge on any atom is -0.368 e. The molecular formula is C17H28N2OS. The molecule has 0 amide bonds. The molecule has 118 valence electrons.